The molecule has 1 aromatic carbocycles. The van der Waals surface area contributed by atoms with Gasteiger partial charge in [-0.2, -0.15) is 0 Å². The lowest BCUT2D eigenvalue weighted by atomic mass is 10.1. The van der Waals surface area contributed by atoms with Crippen LogP contribution in [0.5, 0.6) is 0 Å². The lowest BCUT2D eigenvalue weighted by molar-refractivity contribution is 0.0952. The Hall–Kier alpha value is -1.75. The summed E-state index contributed by atoms with van der Waals surface area (Å²) >= 11 is 1.56. The predicted molar refractivity (Wildman–Crippen MR) is 77.9 cm³/mol. The monoisotopic (exact) mass is 274 g/mol. The van der Waals surface area contributed by atoms with Gasteiger partial charge >= 0.3 is 0 Å². The van der Waals surface area contributed by atoms with Gasteiger partial charge in [0.1, 0.15) is 5.58 Å². The number of hydrogen-bond donors (Lipinski definition) is 1. The Bertz CT molecular complexity index is 688. The van der Waals surface area contributed by atoms with Gasteiger partial charge in [0.25, 0.3) is 5.91 Å². The van der Waals surface area contributed by atoms with E-state index in [1.54, 1.807) is 11.8 Å². The van der Waals surface area contributed by atoms with Crippen LogP contribution >= 0.6 is 11.8 Å². The molecule has 0 bridgehead atoms. The zero-order valence-corrected chi connectivity index (χ0v) is 11.6. The minimum atomic E-state index is -0.221. The van der Waals surface area contributed by atoms with Gasteiger partial charge in [-0.05, 0) is 19.4 Å². The van der Waals surface area contributed by atoms with Gasteiger partial charge < -0.3 is 4.42 Å². The number of nitrogens with zero attached hydrogens (tertiary/aromatic N) is 1. The van der Waals surface area contributed by atoms with E-state index < -0.39 is 0 Å². The van der Waals surface area contributed by atoms with Crippen molar-refractivity contribution in [3.05, 3.63) is 35.1 Å². The maximum Gasteiger partial charge on any atom is 0.293 e. The molecule has 1 N–H and O–H groups in total. The molecule has 1 aliphatic rings. The van der Waals surface area contributed by atoms with E-state index in [0.717, 1.165) is 34.4 Å². The van der Waals surface area contributed by atoms with Crippen LogP contribution < -0.4 is 5.32 Å². The fourth-order valence-electron chi connectivity index (χ4n) is 2.17. The average Bonchev–Trinajstić information content (AvgIpc) is 2.99. The second-order valence-corrected chi connectivity index (χ2v) is 5.58. The number of furan rings is 1. The molecular formula is C14H14N2O2S. The second kappa shape index (κ2) is 4.74. The second-order valence-electron chi connectivity index (χ2n) is 4.50. The number of nitrogens with one attached hydrogen (secondary N) is 1. The van der Waals surface area contributed by atoms with E-state index >= 15 is 0 Å². The minimum absolute atomic E-state index is 0.221. The first kappa shape index (κ1) is 12.3. The standard InChI is InChI=1S/C14H14N2O2S/c1-8-4-3-5-10-9(2)12(18-11(8)10)13(17)16-14-15-6-7-19-14/h3-5H,6-7H2,1-2H3,(H,15,16,17). The minimum Gasteiger partial charge on any atom is -0.450 e. The maximum absolute atomic E-state index is 12.2. The van der Waals surface area contributed by atoms with Crippen LogP contribution in [0.15, 0.2) is 27.6 Å². The third kappa shape index (κ3) is 2.14. The topological polar surface area (TPSA) is 54.6 Å². The lowest BCUT2D eigenvalue weighted by Crippen LogP contribution is -2.27. The van der Waals surface area contributed by atoms with E-state index in [1.807, 2.05) is 32.0 Å². The van der Waals surface area contributed by atoms with Crippen LogP contribution in [0.25, 0.3) is 11.0 Å². The van der Waals surface area contributed by atoms with E-state index in [0.29, 0.717) is 10.9 Å². The maximum atomic E-state index is 12.2. The van der Waals surface area contributed by atoms with E-state index in [2.05, 4.69) is 10.3 Å². The molecule has 0 radical (unpaired) electrons. The van der Waals surface area contributed by atoms with Gasteiger partial charge in [0, 0.05) is 16.7 Å². The molecule has 0 saturated carbocycles. The number of thioether (sulfide) groups is 1. The normalized spacial score (nSPS) is 14.7. The number of fused-ring (bicyclic) bond motifs is 1. The molecule has 1 aliphatic heterocycles. The van der Waals surface area contributed by atoms with Crippen molar-refractivity contribution in [2.45, 2.75) is 13.8 Å². The van der Waals surface area contributed by atoms with Crippen LogP contribution in [0, 0.1) is 13.8 Å². The summed E-state index contributed by atoms with van der Waals surface area (Å²) in [6, 6.07) is 5.92. The third-order valence-corrected chi connectivity index (χ3v) is 4.06. The summed E-state index contributed by atoms with van der Waals surface area (Å²) in [6.45, 7) is 4.64. The Morgan fingerprint density at radius 3 is 2.95 bits per heavy atom. The van der Waals surface area contributed by atoms with Gasteiger partial charge in [-0.15, -0.1) is 0 Å². The molecule has 98 valence electrons. The zero-order chi connectivity index (χ0) is 13.4. The van der Waals surface area contributed by atoms with Crippen LogP contribution in [0.3, 0.4) is 0 Å². The molecule has 1 amide bonds. The number of amides is 1. The van der Waals surface area contributed by atoms with Crippen molar-refractivity contribution in [1.29, 1.82) is 0 Å². The summed E-state index contributed by atoms with van der Waals surface area (Å²) in [5, 5.41) is 4.47. The highest BCUT2D eigenvalue weighted by atomic mass is 32.2. The summed E-state index contributed by atoms with van der Waals surface area (Å²) in [6.07, 6.45) is 0. The molecule has 0 fully saturated rings. The largest absolute Gasteiger partial charge is 0.450 e. The smallest absolute Gasteiger partial charge is 0.293 e. The quantitative estimate of drug-likeness (QED) is 0.870. The number of carbonyl (C=O) groups is 1. The number of benzene rings is 1. The molecule has 2 aromatic rings. The van der Waals surface area contributed by atoms with Crippen molar-refractivity contribution in [1.82, 2.24) is 5.32 Å². The Morgan fingerprint density at radius 1 is 1.42 bits per heavy atom. The molecule has 3 rings (SSSR count). The Labute approximate surface area is 115 Å². The highest BCUT2D eigenvalue weighted by Crippen LogP contribution is 2.27. The summed E-state index contributed by atoms with van der Waals surface area (Å²) in [5.41, 5.74) is 2.69. The van der Waals surface area contributed by atoms with Gasteiger partial charge in [0.15, 0.2) is 10.9 Å². The highest BCUT2D eigenvalue weighted by molar-refractivity contribution is 8.14. The van der Waals surface area contributed by atoms with Crippen LogP contribution in [0.2, 0.25) is 0 Å². The van der Waals surface area contributed by atoms with Gasteiger partial charge in [-0.1, -0.05) is 30.0 Å². The van der Waals surface area contributed by atoms with Crippen LogP contribution in [-0.4, -0.2) is 23.4 Å². The fraction of sp³-hybridized carbons (Fsp3) is 0.286. The van der Waals surface area contributed by atoms with Gasteiger partial charge in [0.05, 0.1) is 6.54 Å². The molecule has 2 heterocycles. The Morgan fingerprint density at radius 2 is 2.26 bits per heavy atom. The number of amidine groups is 1. The number of hydrogen-bond acceptors (Lipinski definition) is 4. The van der Waals surface area contributed by atoms with Crippen LogP contribution in [0.1, 0.15) is 21.7 Å². The summed E-state index contributed by atoms with van der Waals surface area (Å²) in [7, 11) is 0. The molecule has 0 atom stereocenters. The zero-order valence-electron chi connectivity index (χ0n) is 10.8. The first-order valence-corrected chi connectivity index (χ1v) is 7.12. The molecule has 0 saturated heterocycles. The predicted octanol–water partition coefficient (Wildman–Crippen LogP) is 2.88. The lowest BCUT2D eigenvalue weighted by Gasteiger charge is -2.01. The van der Waals surface area contributed by atoms with E-state index in [1.165, 1.54) is 0 Å². The van der Waals surface area contributed by atoms with Crippen molar-refractivity contribution in [3.63, 3.8) is 0 Å². The van der Waals surface area contributed by atoms with Gasteiger partial charge in [0.2, 0.25) is 0 Å². The fourth-order valence-corrected chi connectivity index (χ4v) is 2.89. The van der Waals surface area contributed by atoms with Crippen LogP contribution in [-0.2, 0) is 0 Å². The molecular weight excluding hydrogens is 260 g/mol. The van der Waals surface area contributed by atoms with Crippen molar-refractivity contribution < 1.29 is 9.21 Å². The number of aryl methyl sites for hydroxylation is 2. The molecule has 19 heavy (non-hydrogen) atoms. The first-order valence-electron chi connectivity index (χ1n) is 6.14. The van der Waals surface area contributed by atoms with Crippen molar-refractivity contribution >= 4 is 33.8 Å². The number of aliphatic imine (C=N–C) groups is 1. The van der Waals surface area contributed by atoms with E-state index in [9.17, 15) is 4.79 Å². The van der Waals surface area contributed by atoms with E-state index in [-0.39, 0.29) is 5.91 Å². The van der Waals surface area contributed by atoms with Gasteiger partial charge in [-0.3, -0.25) is 15.1 Å². The molecule has 0 aliphatic carbocycles. The molecule has 0 unspecified atom stereocenters. The molecule has 4 nitrogen and oxygen atoms in total. The number of rotatable bonds is 1. The average molecular weight is 274 g/mol. The third-order valence-electron chi connectivity index (χ3n) is 3.17. The summed E-state index contributed by atoms with van der Waals surface area (Å²) in [4.78, 5) is 16.4. The molecule has 5 heteroatoms. The Kier molecular flexibility index (Phi) is 3.06. The Balaban J connectivity index is 1.98. The van der Waals surface area contributed by atoms with E-state index in [4.69, 9.17) is 4.42 Å². The van der Waals surface area contributed by atoms with Crippen molar-refractivity contribution in [2.75, 3.05) is 12.3 Å². The first-order chi connectivity index (χ1) is 9.16. The summed E-state index contributed by atoms with van der Waals surface area (Å²) < 4.78 is 5.73. The molecule has 1 aromatic heterocycles. The number of para-hydroxylation sites is 1. The van der Waals surface area contributed by atoms with Crippen LogP contribution in [0.4, 0.5) is 0 Å². The van der Waals surface area contributed by atoms with Crippen molar-refractivity contribution in [2.24, 2.45) is 4.99 Å². The highest BCUT2D eigenvalue weighted by Gasteiger charge is 2.20. The number of carbonyl (C=O) groups excluding carboxylic acids is 1. The van der Waals surface area contributed by atoms with Gasteiger partial charge in [-0.25, -0.2) is 0 Å². The molecule has 0 spiro atoms. The van der Waals surface area contributed by atoms with Crippen molar-refractivity contribution in [3.8, 4) is 0 Å². The SMILES string of the molecule is Cc1c(C(=O)NC2=NCCS2)oc2c(C)cccc12. The summed E-state index contributed by atoms with van der Waals surface area (Å²) in [5.74, 6) is 1.08.